The number of carbonyl (C=O) groups is 1. The molecule has 102 valence electrons. The predicted molar refractivity (Wildman–Crippen MR) is 67.4 cm³/mol. The maximum atomic E-state index is 12.0. The van der Waals surface area contributed by atoms with Crippen molar-refractivity contribution < 1.29 is 19.6 Å². The van der Waals surface area contributed by atoms with Crippen molar-refractivity contribution in [1.82, 2.24) is 0 Å². The standard InChI is InChI=1S/C12H12ClNO5/c13-10-3-8(15)4-11(14(17)18)9(10)5-12(16)7-1-2-19-6-7/h3-4,7,15H,1-2,5-6H2. The average molecular weight is 286 g/mol. The molecule has 1 unspecified atom stereocenters. The van der Waals surface area contributed by atoms with Gasteiger partial charge < -0.3 is 9.84 Å². The van der Waals surface area contributed by atoms with E-state index in [0.717, 1.165) is 6.07 Å². The molecule has 2 rings (SSSR count). The molecule has 1 aromatic rings. The number of benzene rings is 1. The van der Waals surface area contributed by atoms with Crippen LogP contribution in [0.4, 0.5) is 5.69 Å². The molecule has 0 radical (unpaired) electrons. The SMILES string of the molecule is O=C(Cc1c(Cl)cc(O)cc1[N+](=O)[O-])C1CCOC1. The molecule has 0 aromatic heterocycles. The zero-order valence-electron chi connectivity index (χ0n) is 9.97. The lowest BCUT2D eigenvalue weighted by Crippen LogP contribution is -2.17. The molecule has 1 saturated heterocycles. The van der Waals surface area contributed by atoms with Gasteiger partial charge in [0.05, 0.1) is 28.2 Å². The average Bonchev–Trinajstić information content (AvgIpc) is 2.85. The minimum atomic E-state index is -0.653. The predicted octanol–water partition coefficient (Wildman–Crippen LogP) is 2.10. The Morgan fingerprint density at radius 2 is 2.32 bits per heavy atom. The molecular weight excluding hydrogens is 274 g/mol. The van der Waals surface area contributed by atoms with Gasteiger partial charge >= 0.3 is 0 Å². The number of nitro benzene ring substituents is 1. The number of phenolic OH excluding ortho intramolecular Hbond substituents is 1. The van der Waals surface area contributed by atoms with E-state index < -0.39 is 4.92 Å². The molecule has 1 heterocycles. The second kappa shape index (κ2) is 5.54. The van der Waals surface area contributed by atoms with Gasteiger partial charge in [-0.05, 0) is 12.5 Å². The van der Waals surface area contributed by atoms with Crippen molar-refractivity contribution in [2.75, 3.05) is 13.2 Å². The summed E-state index contributed by atoms with van der Waals surface area (Å²) in [5, 5.41) is 20.3. The van der Waals surface area contributed by atoms with E-state index in [-0.39, 0.29) is 40.1 Å². The van der Waals surface area contributed by atoms with Crippen LogP contribution in [0.3, 0.4) is 0 Å². The van der Waals surface area contributed by atoms with Gasteiger partial charge in [-0.25, -0.2) is 0 Å². The third-order valence-electron chi connectivity index (χ3n) is 3.09. The van der Waals surface area contributed by atoms with Crippen LogP contribution >= 0.6 is 11.6 Å². The van der Waals surface area contributed by atoms with Gasteiger partial charge in [0.2, 0.25) is 0 Å². The van der Waals surface area contributed by atoms with Gasteiger partial charge in [-0.15, -0.1) is 0 Å². The molecule has 0 saturated carbocycles. The molecule has 1 fully saturated rings. The number of carbonyl (C=O) groups excluding carboxylic acids is 1. The Morgan fingerprint density at radius 3 is 2.89 bits per heavy atom. The van der Waals surface area contributed by atoms with E-state index in [1.165, 1.54) is 6.07 Å². The Kier molecular flexibility index (Phi) is 4.01. The Balaban J connectivity index is 2.28. The highest BCUT2D eigenvalue weighted by atomic mass is 35.5. The lowest BCUT2D eigenvalue weighted by Gasteiger charge is -2.09. The monoisotopic (exact) mass is 285 g/mol. The number of aromatic hydroxyl groups is 1. The lowest BCUT2D eigenvalue weighted by atomic mass is 9.96. The zero-order valence-corrected chi connectivity index (χ0v) is 10.7. The molecule has 0 aliphatic carbocycles. The number of halogens is 1. The fourth-order valence-corrected chi connectivity index (χ4v) is 2.33. The number of hydrogen-bond donors (Lipinski definition) is 1. The van der Waals surface area contributed by atoms with E-state index in [9.17, 15) is 20.0 Å². The van der Waals surface area contributed by atoms with Crippen LogP contribution < -0.4 is 0 Å². The van der Waals surface area contributed by atoms with Gasteiger partial charge in [0.15, 0.2) is 0 Å². The van der Waals surface area contributed by atoms with Crippen LogP contribution in [0.5, 0.6) is 5.75 Å². The minimum absolute atomic E-state index is 0.0268. The first-order chi connectivity index (χ1) is 8.99. The lowest BCUT2D eigenvalue weighted by molar-refractivity contribution is -0.385. The van der Waals surface area contributed by atoms with Gasteiger partial charge in [0.25, 0.3) is 5.69 Å². The summed E-state index contributed by atoms with van der Waals surface area (Å²) in [6, 6.07) is 2.20. The molecule has 1 aliphatic heterocycles. The zero-order chi connectivity index (χ0) is 14.0. The quantitative estimate of drug-likeness (QED) is 0.676. The van der Waals surface area contributed by atoms with Gasteiger partial charge in [-0.3, -0.25) is 14.9 Å². The van der Waals surface area contributed by atoms with Gasteiger partial charge in [0, 0.05) is 18.9 Å². The normalized spacial score (nSPS) is 18.5. The number of ketones is 1. The summed E-state index contributed by atoms with van der Waals surface area (Å²) >= 11 is 5.88. The van der Waals surface area contributed by atoms with Gasteiger partial charge in [0.1, 0.15) is 11.5 Å². The van der Waals surface area contributed by atoms with Crippen LogP contribution in [-0.4, -0.2) is 29.0 Å². The number of nitro groups is 1. The molecule has 1 atom stereocenters. The van der Waals surface area contributed by atoms with Gasteiger partial charge in [-0.2, -0.15) is 0 Å². The van der Waals surface area contributed by atoms with E-state index >= 15 is 0 Å². The summed E-state index contributed by atoms with van der Waals surface area (Å²) in [5.41, 5.74) is -0.196. The summed E-state index contributed by atoms with van der Waals surface area (Å²) < 4.78 is 5.12. The molecule has 6 nitrogen and oxygen atoms in total. The first kappa shape index (κ1) is 13.8. The summed E-state index contributed by atoms with van der Waals surface area (Å²) in [4.78, 5) is 22.3. The summed E-state index contributed by atoms with van der Waals surface area (Å²) in [6.45, 7) is 0.879. The molecule has 0 amide bonds. The van der Waals surface area contributed by atoms with Crippen molar-refractivity contribution in [2.45, 2.75) is 12.8 Å². The summed E-state index contributed by atoms with van der Waals surface area (Å²) in [7, 11) is 0. The van der Waals surface area contributed by atoms with E-state index in [4.69, 9.17) is 16.3 Å². The molecule has 1 aromatic carbocycles. The second-order valence-corrected chi connectivity index (χ2v) is 4.79. The van der Waals surface area contributed by atoms with Crippen LogP contribution in [-0.2, 0) is 16.0 Å². The third-order valence-corrected chi connectivity index (χ3v) is 3.43. The summed E-state index contributed by atoms with van der Waals surface area (Å²) in [5.74, 6) is -0.658. The number of phenols is 1. The minimum Gasteiger partial charge on any atom is -0.508 e. The molecular formula is C12H12ClNO5. The molecule has 0 spiro atoms. The van der Waals surface area contributed by atoms with Crippen molar-refractivity contribution in [3.05, 3.63) is 32.8 Å². The highest BCUT2D eigenvalue weighted by Gasteiger charge is 2.27. The maximum absolute atomic E-state index is 12.0. The topological polar surface area (TPSA) is 89.7 Å². The van der Waals surface area contributed by atoms with Crippen molar-refractivity contribution in [3.8, 4) is 5.75 Å². The molecule has 19 heavy (non-hydrogen) atoms. The van der Waals surface area contributed by atoms with Crippen molar-refractivity contribution in [2.24, 2.45) is 5.92 Å². The van der Waals surface area contributed by atoms with Gasteiger partial charge in [-0.1, -0.05) is 11.6 Å². The molecule has 0 bridgehead atoms. The molecule has 7 heteroatoms. The number of nitrogens with zero attached hydrogens (tertiary/aromatic N) is 1. The smallest absolute Gasteiger partial charge is 0.278 e. The maximum Gasteiger partial charge on any atom is 0.278 e. The Labute approximate surface area is 114 Å². The third kappa shape index (κ3) is 3.02. The second-order valence-electron chi connectivity index (χ2n) is 4.39. The van der Waals surface area contributed by atoms with Crippen molar-refractivity contribution in [3.63, 3.8) is 0 Å². The fraction of sp³-hybridized carbons (Fsp3) is 0.417. The number of rotatable bonds is 4. The highest BCUT2D eigenvalue weighted by Crippen LogP contribution is 2.32. The van der Waals surface area contributed by atoms with Crippen LogP contribution in [0, 0.1) is 16.0 Å². The van der Waals surface area contributed by atoms with E-state index in [0.29, 0.717) is 19.6 Å². The van der Waals surface area contributed by atoms with Crippen LogP contribution in [0.25, 0.3) is 0 Å². The first-order valence-corrected chi connectivity index (χ1v) is 6.13. The van der Waals surface area contributed by atoms with Crippen LogP contribution in [0.2, 0.25) is 5.02 Å². The summed E-state index contributed by atoms with van der Waals surface area (Å²) in [6.07, 6.45) is 0.506. The Bertz CT molecular complexity index is 525. The largest absolute Gasteiger partial charge is 0.508 e. The first-order valence-electron chi connectivity index (χ1n) is 5.75. The number of ether oxygens (including phenoxy) is 1. The fourth-order valence-electron chi connectivity index (χ4n) is 2.05. The molecule has 1 N–H and O–H groups in total. The number of Topliss-reactive ketones (excluding diaryl/α,β-unsaturated/α-hetero) is 1. The number of hydrogen-bond acceptors (Lipinski definition) is 5. The highest BCUT2D eigenvalue weighted by molar-refractivity contribution is 6.32. The van der Waals surface area contributed by atoms with Crippen molar-refractivity contribution >= 4 is 23.1 Å². The van der Waals surface area contributed by atoms with E-state index in [2.05, 4.69) is 0 Å². The van der Waals surface area contributed by atoms with E-state index in [1.54, 1.807) is 0 Å². The Morgan fingerprint density at radius 1 is 1.58 bits per heavy atom. The van der Waals surface area contributed by atoms with Crippen molar-refractivity contribution in [1.29, 1.82) is 0 Å². The molecule has 1 aliphatic rings. The van der Waals surface area contributed by atoms with Crippen LogP contribution in [0.15, 0.2) is 12.1 Å². The van der Waals surface area contributed by atoms with Crippen LogP contribution in [0.1, 0.15) is 12.0 Å². The van der Waals surface area contributed by atoms with E-state index in [1.807, 2.05) is 0 Å². The Hall–Kier alpha value is -1.66.